The zero-order valence-corrected chi connectivity index (χ0v) is 17.3. The maximum absolute atomic E-state index is 12.0. The van der Waals surface area contributed by atoms with Gasteiger partial charge in [0.1, 0.15) is 12.2 Å². The van der Waals surface area contributed by atoms with Crippen LogP contribution in [-0.2, 0) is 31.6 Å². The number of hydrogen-bond donors (Lipinski definition) is 7. The number of nitrogens with one attached hydrogen (secondary N) is 1. The van der Waals surface area contributed by atoms with Gasteiger partial charge in [-0.15, -0.1) is 6.42 Å². The van der Waals surface area contributed by atoms with Crippen LogP contribution < -0.4 is 11.2 Å². The highest BCUT2D eigenvalue weighted by molar-refractivity contribution is 7.66. The van der Waals surface area contributed by atoms with Crippen LogP contribution in [0.25, 0.3) is 0 Å². The minimum atomic E-state index is -6.06. The largest absolute Gasteiger partial charge is 0.490 e. The fourth-order valence-electron chi connectivity index (χ4n) is 2.25. The molecule has 2 rings (SSSR count). The summed E-state index contributed by atoms with van der Waals surface area (Å²) in [5.74, 6) is 1.66. The van der Waals surface area contributed by atoms with Gasteiger partial charge in [-0.2, -0.15) is 8.62 Å². The van der Waals surface area contributed by atoms with Crippen LogP contribution in [0.5, 0.6) is 0 Å². The Kier molecular flexibility index (Phi) is 6.46. The lowest BCUT2D eigenvalue weighted by molar-refractivity contribution is -0.0761. The Labute approximate surface area is 174 Å². The Morgan fingerprint density at radius 1 is 1.26 bits per heavy atom. The summed E-state index contributed by atoms with van der Waals surface area (Å²) in [6, 6.07) is 0.780. The summed E-state index contributed by atoms with van der Waals surface area (Å²) in [7, 11) is -17.8. The number of ether oxygens (including phenoxy) is 1. The summed E-state index contributed by atoms with van der Waals surface area (Å²) in [5.41, 5.74) is -4.99. The Hall–Kier alpha value is -1.47. The van der Waals surface area contributed by atoms with Crippen LogP contribution in [0, 0.1) is 12.3 Å². The number of H-pyrrole nitrogens is 1. The van der Waals surface area contributed by atoms with E-state index in [0.29, 0.717) is 4.57 Å². The van der Waals surface area contributed by atoms with E-state index in [1.54, 1.807) is 10.9 Å². The van der Waals surface area contributed by atoms with Crippen molar-refractivity contribution in [1.29, 1.82) is 0 Å². The molecule has 17 nitrogen and oxygen atoms in total. The summed E-state index contributed by atoms with van der Waals surface area (Å²) < 4.78 is 65.9. The molecule has 3 unspecified atom stereocenters. The number of phosphoric ester groups is 1. The standard InChI is InChI=1S/C11H15N2O15P3/c1-2-11(17)8(15)6(26-9(11)13-4-3-7(14)12-10(13)16)5-25-30(21,22)28-31(23,24)27-29(18,19)20/h1,3-4,6,8-9,15,17H,5H2,(H,21,22)(H,23,24)(H,12,14,16)(H2,18,19,20)/t6-,8+,9-,11?/m1/s1/i5D2. The lowest BCUT2D eigenvalue weighted by atomic mass is 9.95. The maximum Gasteiger partial charge on any atom is 0.490 e. The summed E-state index contributed by atoms with van der Waals surface area (Å²) >= 11 is 0. The molecule has 31 heavy (non-hydrogen) atoms. The van der Waals surface area contributed by atoms with E-state index in [0.717, 1.165) is 12.3 Å². The van der Waals surface area contributed by atoms with Crippen LogP contribution in [0.4, 0.5) is 0 Å². The lowest BCUT2D eigenvalue weighted by Crippen LogP contribution is -2.48. The number of aromatic amines is 1. The zero-order valence-electron chi connectivity index (χ0n) is 16.6. The van der Waals surface area contributed by atoms with Crippen molar-refractivity contribution < 1.29 is 64.1 Å². The molecule has 0 radical (unpaired) electrons. The number of aliphatic hydroxyl groups excluding tert-OH is 1. The molecule has 1 aliphatic heterocycles. The van der Waals surface area contributed by atoms with Crippen molar-refractivity contribution in [1.82, 2.24) is 9.55 Å². The highest BCUT2D eigenvalue weighted by atomic mass is 31.3. The average molecular weight is 510 g/mol. The minimum Gasteiger partial charge on any atom is -0.386 e. The monoisotopic (exact) mass is 510 g/mol. The van der Waals surface area contributed by atoms with Gasteiger partial charge >= 0.3 is 29.2 Å². The Morgan fingerprint density at radius 2 is 1.87 bits per heavy atom. The van der Waals surface area contributed by atoms with Crippen LogP contribution in [0.2, 0.25) is 0 Å². The first-order valence-electron chi connectivity index (χ1n) is 8.43. The third kappa shape index (κ3) is 6.28. The molecule has 1 fully saturated rings. The predicted octanol–water partition coefficient (Wildman–Crippen LogP) is -2.50. The van der Waals surface area contributed by atoms with Gasteiger partial charge in [0.15, 0.2) is 11.8 Å². The average Bonchev–Trinajstić information content (AvgIpc) is 2.83. The smallest absolute Gasteiger partial charge is 0.386 e. The fraction of sp³-hybridized carbons (Fsp3) is 0.455. The van der Waals surface area contributed by atoms with E-state index in [-0.39, 0.29) is 0 Å². The topological polar surface area (TPSA) is 264 Å². The van der Waals surface area contributed by atoms with Gasteiger partial charge in [-0.3, -0.25) is 18.9 Å². The second-order valence-electron chi connectivity index (χ2n) is 5.64. The molecule has 0 bridgehead atoms. The summed E-state index contributed by atoms with van der Waals surface area (Å²) in [5, 5.41) is 20.9. The van der Waals surface area contributed by atoms with Gasteiger partial charge in [-0.05, 0) is 0 Å². The van der Waals surface area contributed by atoms with Gasteiger partial charge < -0.3 is 34.5 Å². The van der Waals surface area contributed by atoms with Crippen molar-refractivity contribution in [2.75, 3.05) is 6.56 Å². The van der Waals surface area contributed by atoms with Crippen molar-refractivity contribution in [2.24, 2.45) is 0 Å². The Morgan fingerprint density at radius 3 is 2.39 bits per heavy atom. The van der Waals surface area contributed by atoms with Crippen molar-refractivity contribution >= 4 is 23.5 Å². The second-order valence-corrected chi connectivity index (χ2v) is 9.99. The van der Waals surface area contributed by atoms with Crippen LogP contribution in [0.15, 0.2) is 21.9 Å². The summed E-state index contributed by atoms with van der Waals surface area (Å²) in [6.07, 6.45) is -1.15. The van der Waals surface area contributed by atoms with Gasteiger partial charge in [0.2, 0.25) is 0 Å². The molecule has 174 valence electrons. The van der Waals surface area contributed by atoms with Crippen LogP contribution in [-0.4, -0.2) is 63.7 Å². The molecule has 20 heteroatoms. The number of rotatable bonds is 8. The molecule has 0 aromatic carbocycles. The van der Waals surface area contributed by atoms with E-state index in [4.69, 9.17) is 28.6 Å². The number of phosphoric acid groups is 3. The first-order chi connectivity index (χ1) is 14.7. The first-order valence-corrected chi connectivity index (χ1v) is 11.9. The lowest BCUT2D eigenvalue weighted by Gasteiger charge is -2.26. The van der Waals surface area contributed by atoms with Crippen molar-refractivity contribution in [3.63, 3.8) is 0 Å². The number of terminal acetylenes is 1. The number of hydrogen-bond acceptors (Lipinski definition) is 11. The number of aromatic nitrogens is 2. The molecule has 1 aliphatic rings. The quantitative estimate of drug-likeness (QED) is 0.141. The van der Waals surface area contributed by atoms with Crippen molar-refractivity contribution in [3.8, 4) is 12.3 Å². The van der Waals surface area contributed by atoms with E-state index >= 15 is 0 Å². The highest BCUT2D eigenvalue weighted by Crippen LogP contribution is 2.66. The molecule has 0 saturated carbocycles. The molecule has 1 saturated heterocycles. The molecule has 7 N–H and O–H groups in total. The molecule has 1 aromatic rings. The molecule has 0 aliphatic carbocycles. The van der Waals surface area contributed by atoms with Crippen molar-refractivity contribution in [2.45, 2.75) is 24.0 Å². The molecular formula is C11H15N2O15P3. The molecule has 0 spiro atoms. The highest BCUT2D eigenvalue weighted by Gasteiger charge is 2.56. The third-order valence-corrected chi connectivity index (χ3v) is 7.09. The molecule has 6 atom stereocenters. The molecular weight excluding hydrogens is 493 g/mol. The van der Waals surface area contributed by atoms with Crippen LogP contribution in [0.1, 0.15) is 8.97 Å². The van der Waals surface area contributed by atoms with Crippen LogP contribution in [0.3, 0.4) is 0 Å². The fourth-order valence-corrected chi connectivity index (χ4v) is 5.12. The Balaban J connectivity index is 2.36. The molecule has 2 heterocycles. The maximum atomic E-state index is 12.0. The summed E-state index contributed by atoms with van der Waals surface area (Å²) in [4.78, 5) is 60.6. The molecule has 0 amide bonds. The SMILES string of the molecule is [2H]C([2H])(OP(=O)(O)OP(=O)(O)OP(=O)(O)O)[C@H]1O[C@@H](n2ccc(=O)[nH]c2=O)C(O)(C#C)[C@H]1O. The van der Waals surface area contributed by atoms with Gasteiger partial charge in [0.05, 0.1) is 9.30 Å². The Bertz CT molecular complexity index is 1220. The molecule has 1 aromatic heterocycles. The zero-order chi connectivity index (χ0) is 25.6. The predicted molar refractivity (Wildman–Crippen MR) is 94.8 cm³/mol. The van der Waals surface area contributed by atoms with E-state index in [1.165, 1.54) is 0 Å². The number of nitrogens with zero attached hydrogens (tertiary/aromatic N) is 1. The van der Waals surface area contributed by atoms with E-state index in [2.05, 4.69) is 13.1 Å². The van der Waals surface area contributed by atoms with E-state index in [1.807, 2.05) is 0 Å². The normalized spacial score (nSPS) is 31.7. The van der Waals surface area contributed by atoms with Gasteiger partial charge in [-0.1, -0.05) is 5.92 Å². The van der Waals surface area contributed by atoms with Crippen LogP contribution >= 0.6 is 23.5 Å². The van der Waals surface area contributed by atoms with Gasteiger partial charge in [0.25, 0.3) is 5.56 Å². The van der Waals surface area contributed by atoms with Gasteiger partial charge in [-0.25, -0.2) is 18.5 Å². The van der Waals surface area contributed by atoms with Crippen molar-refractivity contribution in [3.05, 3.63) is 33.1 Å². The van der Waals surface area contributed by atoms with E-state index in [9.17, 15) is 38.4 Å². The first kappa shape index (κ1) is 22.7. The number of aliphatic hydroxyl groups is 2. The second kappa shape index (κ2) is 8.81. The minimum absolute atomic E-state index is 0.450. The third-order valence-electron chi connectivity index (χ3n) is 3.42. The van der Waals surface area contributed by atoms with Gasteiger partial charge in [0, 0.05) is 12.3 Å². The van der Waals surface area contributed by atoms with E-state index < -0.39 is 65.3 Å². The summed E-state index contributed by atoms with van der Waals surface area (Å²) in [6.45, 7) is -3.70.